The summed E-state index contributed by atoms with van der Waals surface area (Å²) in [5.74, 6) is 0. The second-order valence-electron chi connectivity index (χ2n) is 4.04. The van der Waals surface area contributed by atoms with Gasteiger partial charge in [-0.05, 0) is 29.2 Å². The monoisotopic (exact) mass is 224 g/mol. The lowest BCUT2D eigenvalue weighted by Crippen LogP contribution is -2.09. The Labute approximate surface area is 100 Å². The molecule has 2 rings (SSSR count). The maximum atomic E-state index is 3.93. The quantitative estimate of drug-likeness (QED) is 0.687. The molecule has 0 aliphatic rings. The van der Waals surface area contributed by atoms with Gasteiger partial charge >= 0.3 is 0 Å². The van der Waals surface area contributed by atoms with E-state index in [1.807, 2.05) is 12.1 Å². The summed E-state index contributed by atoms with van der Waals surface area (Å²) in [6.07, 6.45) is 1.97. The Bertz CT molecular complexity index is 512. The minimum Gasteiger partial charge on any atom is -0.0984 e. The third-order valence-corrected chi connectivity index (χ3v) is 4.16. The molecule has 0 heterocycles. The molecule has 0 saturated heterocycles. The van der Waals surface area contributed by atoms with Crippen LogP contribution in [0.1, 0.15) is 11.1 Å². The number of hydrogen-bond acceptors (Lipinski definition) is 0. The van der Waals surface area contributed by atoms with E-state index in [4.69, 9.17) is 0 Å². The molecule has 1 heteroatoms. The summed E-state index contributed by atoms with van der Waals surface area (Å²) in [4.78, 5) is 0. The van der Waals surface area contributed by atoms with Crippen molar-refractivity contribution in [2.75, 3.05) is 0 Å². The van der Waals surface area contributed by atoms with Gasteiger partial charge in [-0.1, -0.05) is 60.3 Å². The Balaban J connectivity index is 2.67. The van der Waals surface area contributed by atoms with Crippen LogP contribution in [0.15, 0.2) is 49.0 Å². The molecule has 0 fully saturated rings. The summed E-state index contributed by atoms with van der Waals surface area (Å²) in [6.45, 7) is 6.12. The van der Waals surface area contributed by atoms with Gasteiger partial charge in [0.15, 0.2) is 0 Å². The van der Waals surface area contributed by atoms with Crippen molar-refractivity contribution < 1.29 is 0 Å². The van der Waals surface area contributed by atoms with Crippen LogP contribution in [0.3, 0.4) is 0 Å². The summed E-state index contributed by atoms with van der Waals surface area (Å²) in [6, 6.07) is 14.9. The zero-order chi connectivity index (χ0) is 11.5. The van der Waals surface area contributed by atoms with Crippen molar-refractivity contribution in [3.05, 3.63) is 60.2 Å². The van der Waals surface area contributed by atoms with Crippen LogP contribution in [-0.2, 0) is 0 Å². The Morgan fingerprint density at radius 3 is 2.38 bits per heavy atom. The smallest absolute Gasteiger partial charge is 0.0388 e. The van der Waals surface area contributed by atoms with Crippen molar-refractivity contribution in [2.24, 2.45) is 0 Å². The summed E-state index contributed by atoms with van der Waals surface area (Å²) in [5, 5.41) is 1.45. The van der Waals surface area contributed by atoms with E-state index in [-0.39, 0.29) is 0 Å². The van der Waals surface area contributed by atoms with E-state index < -0.39 is 0 Å². The number of hydrogen-bond donors (Lipinski definition) is 0. The average Bonchev–Trinajstić information content (AvgIpc) is 2.33. The normalized spacial score (nSPS) is 10.3. The first-order valence-corrected chi connectivity index (χ1v) is 6.52. The molecule has 0 atom stereocenters. The van der Waals surface area contributed by atoms with Gasteiger partial charge in [-0.25, -0.2) is 0 Å². The molecular weight excluding hydrogens is 208 g/mol. The molecule has 2 aromatic rings. The average molecular weight is 224 g/mol. The van der Waals surface area contributed by atoms with Crippen LogP contribution in [0.4, 0.5) is 0 Å². The zero-order valence-electron chi connectivity index (χ0n) is 9.83. The molecule has 2 aromatic carbocycles. The minimum absolute atomic E-state index is 1.09. The van der Waals surface area contributed by atoms with Crippen LogP contribution in [0.25, 0.3) is 17.2 Å². The molecule has 0 saturated carbocycles. The minimum atomic E-state index is 1.09. The van der Waals surface area contributed by atoms with Gasteiger partial charge in [-0.2, -0.15) is 0 Å². The maximum Gasteiger partial charge on any atom is 0.0388 e. The van der Waals surface area contributed by atoms with E-state index in [0.717, 1.165) is 10.2 Å². The first-order chi connectivity index (χ1) is 7.74. The molecular formula is C15H16Si. The Hall–Kier alpha value is -1.60. The van der Waals surface area contributed by atoms with E-state index in [9.17, 15) is 0 Å². The van der Waals surface area contributed by atoms with E-state index >= 15 is 0 Å². The predicted molar refractivity (Wildman–Crippen MR) is 76.3 cm³/mol. The first-order valence-electron chi connectivity index (χ1n) is 5.52. The molecule has 0 aliphatic carbocycles. The lowest BCUT2D eigenvalue weighted by atomic mass is 9.96. The molecule has 0 radical (unpaired) electrons. The number of rotatable bonds is 2. The molecule has 0 bridgehead atoms. The Kier molecular flexibility index (Phi) is 3.06. The highest BCUT2D eigenvalue weighted by Gasteiger charge is 2.06. The molecule has 0 nitrogen and oxygen atoms in total. The first kappa shape index (κ1) is 10.9. The molecule has 0 N–H and O–H groups in total. The highest BCUT2D eigenvalue weighted by Crippen LogP contribution is 2.25. The topological polar surface area (TPSA) is 0 Å². The summed E-state index contributed by atoms with van der Waals surface area (Å²) < 4.78 is 0. The summed E-state index contributed by atoms with van der Waals surface area (Å²) in [5.41, 5.74) is 5.21. The van der Waals surface area contributed by atoms with Crippen LogP contribution in [0.5, 0.6) is 0 Å². The van der Waals surface area contributed by atoms with Gasteiger partial charge in [0, 0.05) is 10.2 Å². The standard InChI is InChI=1S/C15H16Si/c1-3-13-11(2)15(16)10-9-14(13)12-7-5-4-6-8-12/h3-10H,1H2,2,16H3. The van der Waals surface area contributed by atoms with Gasteiger partial charge in [-0.3, -0.25) is 0 Å². The van der Waals surface area contributed by atoms with Gasteiger partial charge in [0.1, 0.15) is 0 Å². The van der Waals surface area contributed by atoms with Crippen LogP contribution >= 0.6 is 0 Å². The van der Waals surface area contributed by atoms with Crippen LogP contribution < -0.4 is 5.19 Å². The summed E-state index contributed by atoms with van der Waals surface area (Å²) in [7, 11) is 1.09. The molecule has 0 unspecified atom stereocenters. The maximum absolute atomic E-state index is 3.93. The lowest BCUT2D eigenvalue weighted by molar-refractivity contribution is 1.47. The van der Waals surface area contributed by atoms with Crippen molar-refractivity contribution in [1.82, 2.24) is 0 Å². The fraction of sp³-hybridized carbons (Fsp3) is 0.0667. The van der Waals surface area contributed by atoms with Gasteiger partial charge < -0.3 is 0 Å². The highest BCUT2D eigenvalue weighted by atomic mass is 28.1. The summed E-state index contributed by atoms with van der Waals surface area (Å²) >= 11 is 0. The second-order valence-corrected chi connectivity index (χ2v) is 5.12. The molecule has 0 spiro atoms. The SMILES string of the molecule is C=Cc1c(-c2ccccc2)ccc([SiH3])c1C. The predicted octanol–water partition coefficient (Wildman–Crippen LogP) is 2.30. The molecule has 0 aromatic heterocycles. The lowest BCUT2D eigenvalue weighted by Gasteiger charge is -2.11. The van der Waals surface area contributed by atoms with Crippen LogP contribution in [0, 0.1) is 6.92 Å². The molecule has 80 valence electrons. The van der Waals surface area contributed by atoms with Crippen LogP contribution in [0.2, 0.25) is 0 Å². The largest absolute Gasteiger partial charge is 0.0984 e. The van der Waals surface area contributed by atoms with Gasteiger partial charge in [0.25, 0.3) is 0 Å². The van der Waals surface area contributed by atoms with Crippen molar-refractivity contribution in [2.45, 2.75) is 6.92 Å². The molecule has 0 amide bonds. The highest BCUT2D eigenvalue weighted by molar-refractivity contribution is 6.33. The van der Waals surface area contributed by atoms with E-state index in [0.29, 0.717) is 0 Å². The van der Waals surface area contributed by atoms with Crippen molar-refractivity contribution in [1.29, 1.82) is 0 Å². The third kappa shape index (κ3) is 1.86. The van der Waals surface area contributed by atoms with Gasteiger partial charge in [0.05, 0.1) is 0 Å². The van der Waals surface area contributed by atoms with E-state index in [1.54, 1.807) is 0 Å². The van der Waals surface area contributed by atoms with Crippen molar-refractivity contribution in [3.63, 3.8) is 0 Å². The van der Waals surface area contributed by atoms with Crippen molar-refractivity contribution >= 4 is 21.5 Å². The van der Waals surface area contributed by atoms with Gasteiger partial charge in [0.2, 0.25) is 0 Å². The number of benzene rings is 2. The second kappa shape index (κ2) is 4.50. The Morgan fingerprint density at radius 1 is 1.06 bits per heavy atom. The fourth-order valence-corrected chi connectivity index (χ4v) is 2.41. The van der Waals surface area contributed by atoms with Gasteiger partial charge in [-0.15, -0.1) is 0 Å². The van der Waals surface area contributed by atoms with Crippen molar-refractivity contribution in [3.8, 4) is 11.1 Å². The molecule has 16 heavy (non-hydrogen) atoms. The third-order valence-electron chi connectivity index (χ3n) is 3.07. The molecule has 0 aliphatic heterocycles. The van der Waals surface area contributed by atoms with Crippen LogP contribution in [-0.4, -0.2) is 10.2 Å². The van der Waals surface area contributed by atoms with E-state index in [1.165, 1.54) is 27.4 Å². The fourth-order valence-electron chi connectivity index (χ4n) is 1.97. The Morgan fingerprint density at radius 2 is 1.75 bits per heavy atom. The van der Waals surface area contributed by atoms with E-state index in [2.05, 4.69) is 49.9 Å². The zero-order valence-corrected chi connectivity index (χ0v) is 11.8.